The second-order valence-corrected chi connectivity index (χ2v) is 10.2. The fourth-order valence-corrected chi connectivity index (χ4v) is 3.61. The van der Waals surface area contributed by atoms with Crippen molar-refractivity contribution < 1.29 is 9.90 Å². The van der Waals surface area contributed by atoms with E-state index in [0.717, 1.165) is 18.4 Å². The SMILES string of the molecule is CC(C)(C)c1cc(C(=O)c2c[nH]c(I)c2I)cc(C(C)(C)C)c1O. The van der Waals surface area contributed by atoms with Crippen LogP contribution < -0.4 is 0 Å². The molecule has 1 aromatic heterocycles. The zero-order chi connectivity index (χ0) is 18.4. The zero-order valence-electron chi connectivity index (χ0n) is 14.8. The van der Waals surface area contributed by atoms with E-state index >= 15 is 0 Å². The minimum atomic E-state index is -0.250. The first kappa shape index (κ1) is 19.8. The van der Waals surface area contributed by atoms with Crippen LogP contribution in [0, 0.1) is 7.27 Å². The first-order valence-electron chi connectivity index (χ1n) is 7.79. The monoisotopic (exact) mass is 551 g/mol. The zero-order valence-corrected chi connectivity index (χ0v) is 19.2. The highest BCUT2D eigenvalue weighted by Crippen LogP contribution is 2.40. The van der Waals surface area contributed by atoms with Crippen LogP contribution >= 0.6 is 45.2 Å². The summed E-state index contributed by atoms with van der Waals surface area (Å²) < 4.78 is 1.89. The molecule has 2 rings (SSSR count). The maximum absolute atomic E-state index is 13.0. The Labute approximate surface area is 170 Å². The van der Waals surface area contributed by atoms with Crippen LogP contribution in [0.5, 0.6) is 5.75 Å². The third kappa shape index (κ3) is 3.81. The summed E-state index contributed by atoms with van der Waals surface area (Å²) in [5.41, 5.74) is 2.40. The third-order valence-electron chi connectivity index (χ3n) is 4.01. The highest BCUT2D eigenvalue weighted by atomic mass is 127. The van der Waals surface area contributed by atoms with Crippen LogP contribution in [0.25, 0.3) is 0 Å². The van der Waals surface area contributed by atoms with Crippen LogP contribution in [0.4, 0.5) is 0 Å². The second kappa shape index (κ2) is 6.63. The van der Waals surface area contributed by atoms with Crippen molar-refractivity contribution in [1.82, 2.24) is 4.98 Å². The van der Waals surface area contributed by atoms with Crippen LogP contribution in [0.15, 0.2) is 18.3 Å². The van der Waals surface area contributed by atoms with Crippen molar-refractivity contribution in [3.63, 3.8) is 0 Å². The van der Waals surface area contributed by atoms with Crippen LogP contribution in [-0.4, -0.2) is 15.9 Å². The summed E-state index contributed by atoms with van der Waals surface area (Å²) >= 11 is 4.38. The van der Waals surface area contributed by atoms with Crippen LogP contribution in [0.1, 0.15) is 68.6 Å². The normalized spacial score (nSPS) is 12.5. The predicted octanol–water partition coefficient (Wildman–Crippen LogP) is 5.76. The Morgan fingerprint density at radius 3 is 1.79 bits per heavy atom. The molecule has 1 aromatic carbocycles. The van der Waals surface area contributed by atoms with E-state index in [1.165, 1.54) is 0 Å². The number of hydrogen-bond acceptors (Lipinski definition) is 2. The summed E-state index contributed by atoms with van der Waals surface area (Å²) in [6.45, 7) is 12.3. The van der Waals surface area contributed by atoms with Crippen molar-refractivity contribution in [3.8, 4) is 5.75 Å². The van der Waals surface area contributed by atoms with Crippen molar-refractivity contribution in [1.29, 1.82) is 0 Å². The second-order valence-electron chi connectivity index (χ2n) is 8.08. The molecule has 0 spiro atoms. The topological polar surface area (TPSA) is 53.1 Å². The molecule has 0 fully saturated rings. The third-order valence-corrected chi connectivity index (χ3v) is 7.01. The van der Waals surface area contributed by atoms with Gasteiger partial charge >= 0.3 is 0 Å². The molecule has 0 aliphatic carbocycles. The molecule has 0 radical (unpaired) electrons. The highest BCUT2D eigenvalue weighted by molar-refractivity contribution is 14.1. The lowest BCUT2D eigenvalue weighted by Crippen LogP contribution is -2.19. The fourth-order valence-electron chi connectivity index (χ4n) is 2.61. The molecular formula is C19H23I2NO2. The molecule has 0 aliphatic heterocycles. The van der Waals surface area contributed by atoms with Crippen LogP contribution in [0.3, 0.4) is 0 Å². The van der Waals surface area contributed by atoms with E-state index < -0.39 is 0 Å². The lowest BCUT2D eigenvalue weighted by molar-refractivity contribution is 0.103. The number of benzene rings is 1. The van der Waals surface area contributed by atoms with Gasteiger partial charge in [0.25, 0.3) is 0 Å². The number of aromatic amines is 1. The Morgan fingerprint density at radius 2 is 1.46 bits per heavy atom. The molecule has 5 heteroatoms. The fraction of sp³-hybridized carbons (Fsp3) is 0.421. The van der Waals surface area contributed by atoms with E-state index in [9.17, 15) is 9.90 Å². The number of nitrogens with one attached hydrogen (secondary N) is 1. The molecule has 0 bridgehead atoms. The average Bonchev–Trinajstić information content (AvgIpc) is 2.76. The molecule has 3 nitrogen and oxygen atoms in total. The summed E-state index contributed by atoms with van der Waals surface area (Å²) in [7, 11) is 0. The van der Waals surface area contributed by atoms with E-state index in [0.29, 0.717) is 16.9 Å². The number of phenolic OH excluding ortho intramolecular Hbond substituents is 1. The van der Waals surface area contributed by atoms with Crippen LogP contribution in [-0.2, 0) is 10.8 Å². The Balaban J connectivity index is 2.71. The maximum atomic E-state index is 13.0. The van der Waals surface area contributed by atoms with Gasteiger partial charge in [-0.2, -0.15) is 0 Å². The van der Waals surface area contributed by atoms with Crippen molar-refractivity contribution in [2.75, 3.05) is 0 Å². The minimum absolute atomic E-state index is 0.0189. The Kier molecular flexibility index (Phi) is 5.45. The van der Waals surface area contributed by atoms with E-state index in [1.54, 1.807) is 6.20 Å². The Hall–Kier alpha value is -0.570. The Bertz CT molecular complexity index is 758. The van der Waals surface area contributed by atoms with E-state index in [1.807, 2.05) is 53.7 Å². The summed E-state index contributed by atoms with van der Waals surface area (Å²) in [6, 6.07) is 3.67. The summed E-state index contributed by atoms with van der Waals surface area (Å²) in [5.74, 6) is 0.277. The van der Waals surface area contributed by atoms with Gasteiger partial charge in [-0.25, -0.2) is 0 Å². The standard InChI is InChI=1S/C19H23I2NO2/c1-18(2,3)12-7-10(8-13(16(12)24)19(4,5)6)15(23)11-9-22-17(21)14(11)20/h7-9,22,24H,1-6H3. The van der Waals surface area contributed by atoms with Gasteiger partial charge in [-0.1, -0.05) is 41.5 Å². The molecule has 24 heavy (non-hydrogen) atoms. The molecule has 0 atom stereocenters. The number of halogens is 2. The molecule has 0 saturated heterocycles. The molecule has 130 valence electrons. The first-order valence-corrected chi connectivity index (χ1v) is 9.95. The van der Waals surface area contributed by atoms with Gasteiger partial charge in [0, 0.05) is 22.9 Å². The molecule has 0 amide bonds. The lowest BCUT2D eigenvalue weighted by atomic mass is 9.78. The largest absolute Gasteiger partial charge is 0.507 e. The molecule has 2 aromatic rings. The summed E-state index contributed by atoms with van der Waals surface area (Å²) in [4.78, 5) is 16.1. The Morgan fingerprint density at radius 1 is 1.00 bits per heavy atom. The molecule has 1 heterocycles. The predicted molar refractivity (Wildman–Crippen MR) is 115 cm³/mol. The van der Waals surface area contributed by atoms with Gasteiger partial charge in [0.15, 0.2) is 5.78 Å². The van der Waals surface area contributed by atoms with E-state index in [-0.39, 0.29) is 16.6 Å². The minimum Gasteiger partial charge on any atom is -0.507 e. The van der Waals surface area contributed by atoms with Gasteiger partial charge in [-0.15, -0.1) is 0 Å². The van der Waals surface area contributed by atoms with Gasteiger partial charge in [0.05, 0.1) is 12.8 Å². The molecule has 2 N–H and O–H groups in total. The first-order chi connectivity index (χ1) is 10.8. The van der Waals surface area contributed by atoms with Crippen LogP contribution in [0.2, 0.25) is 0 Å². The summed E-state index contributed by atoms with van der Waals surface area (Å²) in [5, 5.41) is 10.8. The lowest BCUT2D eigenvalue weighted by Gasteiger charge is -2.28. The number of H-pyrrole nitrogens is 1. The number of rotatable bonds is 2. The van der Waals surface area contributed by atoms with Crippen molar-refractivity contribution in [2.24, 2.45) is 0 Å². The van der Waals surface area contributed by atoms with Crippen molar-refractivity contribution >= 4 is 51.0 Å². The number of carbonyl (C=O) groups is 1. The molecule has 0 saturated carbocycles. The van der Waals surface area contributed by atoms with Gasteiger partial charge in [0.2, 0.25) is 0 Å². The molecular weight excluding hydrogens is 528 g/mol. The van der Waals surface area contributed by atoms with Crippen molar-refractivity contribution in [2.45, 2.75) is 52.4 Å². The number of hydrogen-bond donors (Lipinski definition) is 2. The number of ketones is 1. The van der Waals surface area contributed by atoms with E-state index in [2.05, 4.69) is 50.2 Å². The highest BCUT2D eigenvalue weighted by Gasteiger charge is 2.28. The number of aromatic hydroxyl groups is 1. The maximum Gasteiger partial charge on any atom is 0.195 e. The number of aromatic nitrogens is 1. The quantitative estimate of drug-likeness (QED) is 0.369. The van der Waals surface area contributed by atoms with Gasteiger partial charge in [0.1, 0.15) is 5.75 Å². The summed E-state index contributed by atoms with van der Waals surface area (Å²) in [6.07, 6.45) is 1.76. The van der Waals surface area contributed by atoms with Gasteiger partial charge in [-0.05, 0) is 68.1 Å². The molecule has 0 unspecified atom stereocenters. The number of carbonyl (C=O) groups excluding carboxylic acids is 1. The molecule has 0 aliphatic rings. The van der Waals surface area contributed by atoms with Gasteiger partial charge < -0.3 is 10.1 Å². The number of phenols is 1. The van der Waals surface area contributed by atoms with E-state index in [4.69, 9.17) is 0 Å². The smallest absolute Gasteiger partial charge is 0.195 e. The average molecular weight is 551 g/mol. The van der Waals surface area contributed by atoms with Gasteiger partial charge in [-0.3, -0.25) is 4.79 Å². The van der Waals surface area contributed by atoms with Crippen molar-refractivity contribution in [3.05, 3.63) is 47.9 Å².